The number of aryl methyl sites for hydroxylation is 2. The van der Waals surface area contributed by atoms with Crippen LogP contribution in [-0.2, 0) is 13.7 Å². The highest BCUT2D eigenvalue weighted by Gasteiger charge is 2.08. The van der Waals surface area contributed by atoms with Crippen LogP contribution in [-0.4, -0.2) is 22.0 Å². The molecule has 0 aliphatic heterocycles. The quantitative estimate of drug-likeness (QED) is 0.879. The van der Waals surface area contributed by atoms with Gasteiger partial charge in [0.25, 0.3) is 0 Å². The normalized spacial score (nSPS) is 10.6. The monoisotopic (exact) mass is 232 g/mol. The Morgan fingerprint density at radius 2 is 2.12 bits per heavy atom. The maximum absolute atomic E-state index is 9.06. The second kappa shape index (κ2) is 4.59. The van der Waals surface area contributed by atoms with E-state index in [0.717, 1.165) is 22.6 Å². The van der Waals surface area contributed by atoms with Crippen molar-refractivity contribution in [3.63, 3.8) is 0 Å². The molecule has 1 aromatic carbocycles. The first-order chi connectivity index (χ1) is 8.15. The van der Waals surface area contributed by atoms with Gasteiger partial charge in [-0.3, -0.25) is 4.68 Å². The Morgan fingerprint density at radius 1 is 1.35 bits per heavy atom. The van der Waals surface area contributed by atoms with E-state index in [1.807, 2.05) is 32.2 Å². The molecule has 1 heterocycles. The van der Waals surface area contributed by atoms with Crippen molar-refractivity contribution in [1.82, 2.24) is 9.78 Å². The number of rotatable bonds is 3. The largest absolute Gasteiger partial charge is 0.496 e. The molecule has 0 saturated carbocycles. The molecule has 0 radical (unpaired) electrons. The van der Waals surface area contributed by atoms with Gasteiger partial charge in [0.1, 0.15) is 5.75 Å². The summed E-state index contributed by atoms with van der Waals surface area (Å²) in [6.07, 6.45) is 0. The van der Waals surface area contributed by atoms with Crippen LogP contribution in [0.15, 0.2) is 24.3 Å². The van der Waals surface area contributed by atoms with Gasteiger partial charge in [0.05, 0.1) is 25.1 Å². The number of hydrogen-bond donors (Lipinski definition) is 1. The first kappa shape index (κ1) is 11.7. The van der Waals surface area contributed by atoms with E-state index >= 15 is 0 Å². The van der Waals surface area contributed by atoms with Gasteiger partial charge in [0.15, 0.2) is 0 Å². The number of nitrogens with zero attached hydrogens (tertiary/aromatic N) is 2. The number of aliphatic hydroxyl groups excluding tert-OH is 1. The zero-order valence-corrected chi connectivity index (χ0v) is 10.3. The van der Waals surface area contributed by atoms with Crippen molar-refractivity contribution >= 4 is 0 Å². The van der Waals surface area contributed by atoms with E-state index in [-0.39, 0.29) is 6.61 Å². The molecule has 0 aliphatic carbocycles. The standard InChI is InChI=1S/C13H16N2O2/c1-9-6-10(4-5-13(9)17-3)12-7-11(8-16)14-15(12)2/h4-7,16H,8H2,1-3H3. The molecule has 0 aliphatic rings. The molecule has 0 amide bonds. The van der Waals surface area contributed by atoms with Crippen molar-refractivity contribution < 1.29 is 9.84 Å². The Labute approximate surface area is 100 Å². The van der Waals surface area contributed by atoms with Crippen molar-refractivity contribution in [2.75, 3.05) is 7.11 Å². The molecule has 1 aromatic heterocycles. The third kappa shape index (κ3) is 2.17. The van der Waals surface area contributed by atoms with Gasteiger partial charge in [0, 0.05) is 12.6 Å². The van der Waals surface area contributed by atoms with E-state index in [4.69, 9.17) is 9.84 Å². The molecule has 2 rings (SSSR count). The van der Waals surface area contributed by atoms with E-state index in [2.05, 4.69) is 11.2 Å². The zero-order chi connectivity index (χ0) is 12.4. The lowest BCUT2D eigenvalue weighted by molar-refractivity contribution is 0.275. The molecule has 2 aromatic rings. The topological polar surface area (TPSA) is 47.3 Å². The van der Waals surface area contributed by atoms with Crippen LogP contribution >= 0.6 is 0 Å². The zero-order valence-electron chi connectivity index (χ0n) is 10.3. The van der Waals surface area contributed by atoms with Crippen molar-refractivity contribution in [2.45, 2.75) is 13.5 Å². The Hall–Kier alpha value is -1.81. The Balaban J connectivity index is 2.45. The molecular formula is C13H16N2O2. The van der Waals surface area contributed by atoms with Crippen molar-refractivity contribution in [3.8, 4) is 17.0 Å². The van der Waals surface area contributed by atoms with Gasteiger partial charge >= 0.3 is 0 Å². The predicted molar refractivity (Wildman–Crippen MR) is 65.9 cm³/mol. The second-order valence-electron chi connectivity index (χ2n) is 3.99. The lowest BCUT2D eigenvalue weighted by Gasteiger charge is -2.07. The highest BCUT2D eigenvalue weighted by molar-refractivity contribution is 5.62. The first-order valence-corrected chi connectivity index (χ1v) is 5.44. The number of methoxy groups -OCH3 is 1. The third-order valence-corrected chi connectivity index (χ3v) is 2.78. The maximum atomic E-state index is 9.06. The van der Waals surface area contributed by atoms with Crippen molar-refractivity contribution in [2.24, 2.45) is 7.05 Å². The highest BCUT2D eigenvalue weighted by Crippen LogP contribution is 2.26. The molecule has 0 bridgehead atoms. The van der Waals surface area contributed by atoms with Crippen LogP contribution in [0.4, 0.5) is 0 Å². The summed E-state index contributed by atoms with van der Waals surface area (Å²) in [4.78, 5) is 0. The van der Waals surface area contributed by atoms with E-state index in [1.165, 1.54) is 0 Å². The smallest absolute Gasteiger partial charge is 0.121 e. The van der Waals surface area contributed by atoms with Crippen LogP contribution in [0, 0.1) is 6.92 Å². The average molecular weight is 232 g/mol. The Bertz CT molecular complexity index is 532. The molecule has 0 unspecified atom stereocenters. The Morgan fingerprint density at radius 3 is 2.65 bits per heavy atom. The summed E-state index contributed by atoms with van der Waals surface area (Å²) >= 11 is 0. The molecule has 0 atom stereocenters. The molecule has 0 saturated heterocycles. The molecule has 17 heavy (non-hydrogen) atoms. The lowest BCUT2D eigenvalue weighted by Crippen LogP contribution is -1.95. The molecule has 4 heteroatoms. The SMILES string of the molecule is COc1ccc(-c2cc(CO)nn2C)cc1C. The van der Waals surface area contributed by atoms with Crippen LogP contribution in [0.3, 0.4) is 0 Å². The summed E-state index contributed by atoms with van der Waals surface area (Å²) in [5.41, 5.74) is 3.81. The minimum atomic E-state index is -0.0387. The lowest BCUT2D eigenvalue weighted by atomic mass is 10.1. The number of aliphatic hydroxyl groups is 1. The maximum Gasteiger partial charge on any atom is 0.121 e. The predicted octanol–water partition coefficient (Wildman–Crippen LogP) is 1.90. The number of aromatic nitrogens is 2. The number of ether oxygens (including phenoxy) is 1. The van der Waals surface area contributed by atoms with Crippen LogP contribution in [0.1, 0.15) is 11.3 Å². The van der Waals surface area contributed by atoms with Gasteiger partial charge < -0.3 is 9.84 Å². The van der Waals surface area contributed by atoms with Gasteiger partial charge in [-0.2, -0.15) is 5.10 Å². The van der Waals surface area contributed by atoms with Gasteiger partial charge in [-0.1, -0.05) is 0 Å². The van der Waals surface area contributed by atoms with E-state index in [0.29, 0.717) is 5.69 Å². The summed E-state index contributed by atoms with van der Waals surface area (Å²) < 4.78 is 7.00. The van der Waals surface area contributed by atoms with Crippen molar-refractivity contribution in [3.05, 3.63) is 35.5 Å². The van der Waals surface area contributed by atoms with Gasteiger partial charge in [-0.05, 0) is 36.8 Å². The molecular weight excluding hydrogens is 216 g/mol. The Kier molecular flexibility index (Phi) is 3.15. The number of hydrogen-bond acceptors (Lipinski definition) is 3. The van der Waals surface area contributed by atoms with Crippen LogP contribution in [0.5, 0.6) is 5.75 Å². The summed E-state index contributed by atoms with van der Waals surface area (Å²) in [7, 11) is 3.53. The van der Waals surface area contributed by atoms with Gasteiger partial charge in [-0.25, -0.2) is 0 Å². The number of benzene rings is 1. The van der Waals surface area contributed by atoms with Crippen LogP contribution in [0.2, 0.25) is 0 Å². The van der Waals surface area contributed by atoms with Crippen LogP contribution in [0.25, 0.3) is 11.3 Å². The molecule has 0 spiro atoms. The molecule has 0 fully saturated rings. The van der Waals surface area contributed by atoms with Crippen LogP contribution < -0.4 is 4.74 Å². The second-order valence-corrected chi connectivity index (χ2v) is 3.99. The fourth-order valence-corrected chi connectivity index (χ4v) is 1.91. The third-order valence-electron chi connectivity index (χ3n) is 2.78. The fourth-order valence-electron chi connectivity index (χ4n) is 1.91. The summed E-state index contributed by atoms with van der Waals surface area (Å²) in [6.45, 7) is 1.97. The average Bonchev–Trinajstić information content (AvgIpc) is 2.70. The molecule has 1 N–H and O–H groups in total. The minimum Gasteiger partial charge on any atom is -0.496 e. The molecule has 4 nitrogen and oxygen atoms in total. The summed E-state index contributed by atoms with van der Waals surface area (Å²) in [5, 5.41) is 13.3. The van der Waals surface area contributed by atoms with E-state index < -0.39 is 0 Å². The first-order valence-electron chi connectivity index (χ1n) is 5.44. The van der Waals surface area contributed by atoms with E-state index in [9.17, 15) is 0 Å². The highest BCUT2D eigenvalue weighted by atomic mass is 16.5. The minimum absolute atomic E-state index is 0.0387. The summed E-state index contributed by atoms with van der Waals surface area (Å²) in [5.74, 6) is 0.873. The van der Waals surface area contributed by atoms with E-state index in [1.54, 1.807) is 11.8 Å². The van der Waals surface area contributed by atoms with Crippen molar-refractivity contribution in [1.29, 1.82) is 0 Å². The van der Waals surface area contributed by atoms with Gasteiger partial charge in [0.2, 0.25) is 0 Å². The molecule has 90 valence electrons. The fraction of sp³-hybridized carbons (Fsp3) is 0.308. The summed E-state index contributed by atoms with van der Waals surface area (Å²) in [6, 6.07) is 7.87. The van der Waals surface area contributed by atoms with Gasteiger partial charge in [-0.15, -0.1) is 0 Å².